The van der Waals surface area contributed by atoms with E-state index in [4.69, 9.17) is 4.42 Å². The third kappa shape index (κ3) is 3.05. The number of furan rings is 1. The molecule has 1 aromatic carbocycles. The second-order valence-electron chi connectivity index (χ2n) is 6.34. The molecule has 2 unspecified atom stereocenters. The van der Waals surface area contributed by atoms with Gasteiger partial charge in [0.1, 0.15) is 11.7 Å². The van der Waals surface area contributed by atoms with E-state index in [-0.39, 0.29) is 11.7 Å². The van der Waals surface area contributed by atoms with Crippen molar-refractivity contribution in [3.8, 4) is 0 Å². The molecule has 4 rings (SSSR count). The molecule has 1 aliphatic rings. The van der Waals surface area contributed by atoms with Gasteiger partial charge in [-0.15, -0.1) is 0 Å². The van der Waals surface area contributed by atoms with Crippen LogP contribution < -0.4 is 4.90 Å². The molecule has 8 heteroatoms. The Labute approximate surface area is 168 Å². The van der Waals surface area contributed by atoms with Crippen LogP contribution in [0.2, 0.25) is 0 Å². The number of rotatable bonds is 4. The summed E-state index contributed by atoms with van der Waals surface area (Å²) in [5.74, 6) is -2.76. The zero-order valence-corrected chi connectivity index (χ0v) is 16.3. The standard InChI is InChI=1S/C20H14BrN3O4/c1-11-3-8-14(28-11)17(25)15-16(12-4-6-13(21)7-5-12)24(19(27)18(15)26)20-22-9-2-10-23-20/h2-10,15-16H,1H3. The molecule has 0 bridgehead atoms. The van der Waals surface area contributed by atoms with Crippen molar-refractivity contribution in [2.45, 2.75) is 13.0 Å². The molecular weight excluding hydrogens is 426 g/mol. The average Bonchev–Trinajstić information content (AvgIpc) is 3.25. The van der Waals surface area contributed by atoms with Gasteiger partial charge in [-0.05, 0) is 42.8 Å². The second kappa shape index (κ2) is 7.12. The number of hydrogen-bond donors (Lipinski definition) is 0. The van der Waals surface area contributed by atoms with Crippen molar-refractivity contribution in [1.29, 1.82) is 0 Å². The molecule has 0 aliphatic carbocycles. The lowest BCUT2D eigenvalue weighted by Crippen LogP contribution is -2.32. The Balaban J connectivity index is 1.85. The van der Waals surface area contributed by atoms with Crippen LogP contribution in [0.3, 0.4) is 0 Å². The Bertz CT molecular complexity index is 1060. The van der Waals surface area contributed by atoms with Crippen molar-refractivity contribution >= 4 is 39.4 Å². The van der Waals surface area contributed by atoms with E-state index in [1.807, 2.05) is 0 Å². The highest BCUT2D eigenvalue weighted by molar-refractivity contribution is 9.10. The summed E-state index contributed by atoms with van der Waals surface area (Å²) in [4.78, 5) is 48.2. The quantitative estimate of drug-likeness (QED) is 0.351. The highest BCUT2D eigenvalue weighted by Crippen LogP contribution is 2.40. The highest BCUT2D eigenvalue weighted by atomic mass is 79.9. The monoisotopic (exact) mass is 439 g/mol. The van der Waals surface area contributed by atoms with Crippen LogP contribution in [-0.2, 0) is 9.59 Å². The number of halogens is 1. The maximum atomic E-state index is 13.1. The van der Waals surface area contributed by atoms with Crippen molar-refractivity contribution in [2.24, 2.45) is 5.92 Å². The molecule has 140 valence electrons. The number of aryl methyl sites for hydroxylation is 1. The summed E-state index contributed by atoms with van der Waals surface area (Å²) in [6, 6.07) is 11.0. The molecule has 1 amide bonds. The van der Waals surface area contributed by atoms with E-state index < -0.39 is 29.4 Å². The summed E-state index contributed by atoms with van der Waals surface area (Å²) in [6.45, 7) is 1.70. The summed E-state index contributed by atoms with van der Waals surface area (Å²) < 4.78 is 6.25. The van der Waals surface area contributed by atoms with Crippen molar-refractivity contribution in [1.82, 2.24) is 9.97 Å². The molecule has 0 saturated carbocycles. The first-order valence-corrected chi connectivity index (χ1v) is 9.27. The van der Waals surface area contributed by atoms with Crippen molar-refractivity contribution < 1.29 is 18.8 Å². The molecule has 2 atom stereocenters. The van der Waals surface area contributed by atoms with Gasteiger partial charge in [0, 0.05) is 16.9 Å². The molecule has 1 aliphatic heterocycles. The molecule has 1 saturated heterocycles. The van der Waals surface area contributed by atoms with Gasteiger partial charge in [-0.2, -0.15) is 0 Å². The maximum absolute atomic E-state index is 13.1. The predicted molar refractivity (Wildman–Crippen MR) is 103 cm³/mol. The van der Waals surface area contributed by atoms with Gasteiger partial charge in [0.15, 0.2) is 5.76 Å². The van der Waals surface area contributed by atoms with Crippen LogP contribution in [0.25, 0.3) is 0 Å². The van der Waals surface area contributed by atoms with Crippen LogP contribution in [0.4, 0.5) is 5.95 Å². The zero-order chi connectivity index (χ0) is 19.8. The lowest BCUT2D eigenvalue weighted by molar-refractivity contribution is -0.135. The maximum Gasteiger partial charge on any atom is 0.298 e. The first-order chi connectivity index (χ1) is 13.5. The van der Waals surface area contributed by atoms with E-state index in [1.54, 1.807) is 43.3 Å². The number of amides is 1. The minimum atomic E-state index is -1.25. The zero-order valence-electron chi connectivity index (χ0n) is 14.7. The summed E-state index contributed by atoms with van der Waals surface area (Å²) in [7, 11) is 0. The van der Waals surface area contributed by atoms with E-state index in [1.165, 1.54) is 23.4 Å². The Morgan fingerprint density at radius 2 is 1.75 bits per heavy atom. The normalized spacial score (nSPS) is 19.3. The van der Waals surface area contributed by atoms with E-state index in [2.05, 4.69) is 25.9 Å². The fourth-order valence-electron chi connectivity index (χ4n) is 3.29. The number of aromatic nitrogens is 2. The number of carbonyl (C=O) groups excluding carboxylic acids is 3. The number of carbonyl (C=O) groups is 3. The molecule has 2 aromatic heterocycles. The number of nitrogens with zero attached hydrogens (tertiary/aromatic N) is 3. The molecule has 7 nitrogen and oxygen atoms in total. The molecule has 0 spiro atoms. The summed E-state index contributed by atoms with van der Waals surface area (Å²) in [5.41, 5.74) is 0.622. The van der Waals surface area contributed by atoms with Gasteiger partial charge in [-0.1, -0.05) is 28.1 Å². The number of hydrogen-bond acceptors (Lipinski definition) is 6. The number of benzene rings is 1. The minimum Gasteiger partial charge on any atom is -0.458 e. The highest BCUT2D eigenvalue weighted by Gasteiger charge is 2.53. The van der Waals surface area contributed by atoms with E-state index in [0.717, 1.165) is 4.47 Å². The first-order valence-electron chi connectivity index (χ1n) is 8.48. The summed E-state index contributed by atoms with van der Waals surface area (Å²) >= 11 is 3.37. The van der Waals surface area contributed by atoms with Gasteiger partial charge >= 0.3 is 0 Å². The first kappa shape index (κ1) is 18.2. The van der Waals surface area contributed by atoms with E-state index >= 15 is 0 Å². The van der Waals surface area contributed by atoms with Gasteiger partial charge in [0.05, 0.1) is 6.04 Å². The second-order valence-corrected chi connectivity index (χ2v) is 7.25. The van der Waals surface area contributed by atoms with Crippen LogP contribution in [0, 0.1) is 12.8 Å². The Kier molecular flexibility index (Phi) is 4.64. The molecular formula is C20H14BrN3O4. The van der Waals surface area contributed by atoms with Crippen molar-refractivity contribution in [2.75, 3.05) is 4.90 Å². The smallest absolute Gasteiger partial charge is 0.298 e. The predicted octanol–water partition coefficient (Wildman–Crippen LogP) is 3.30. The number of ketones is 2. The molecule has 1 fully saturated rings. The fourth-order valence-corrected chi connectivity index (χ4v) is 3.55. The summed E-state index contributed by atoms with van der Waals surface area (Å²) in [6.07, 6.45) is 2.95. The fraction of sp³-hybridized carbons (Fsp3) is 0.150. The topological polar surface area (TPSA) is 93.4 Å². The van der Waals surface area contributed by atoms with E-state index in [0.29, 0.717) is 11.3 Å². The van der Waals surface area contributed by atoms with Gasteiger partial charge in [0.2, 0.25) is 17.5 Å². The molecule has 0 radical (unpaired) electrons. The molecule has 3 aromatic rings. The lowest BCUT2D eigenvalue weighted by atomic mass is 9.88. The number of Topliss-reactive ketones (excluding diaryl/α,β-unsaturated/α-hetero) is 2. The van der Waals surface area contributed by atoms with Crippen LogP contribution in [0.15, 0.2) is 63.7 Å². The van der Waals surface area contributed by atoms with Crippen molar-refractivity contribution in [3.05, 3.63) is 76.4 Å². The van der Waals surface area contributed by atoms with Gasteiger partial charge < -0.3 is 4.42 Å². The molecule has 28 heavy (non-hydrogen) atoms. The van der Waals surface area contributed by atoms with Gasteiger partial charge in [-0.3, -0.25) is 19.3 Å². The Morgan fingerprint density at radius 1 is 1.07 bits per heavy atom. The van der Waals surface area contributed by atoms with Gasteiger partial charge in [0.25, 0.3) is 5.91 Å². The molecule has 0 N–H and O–H groups in total. The average molecular weight is 440 g/mol. The Morgan fingerprint density at radius 3 is 2.36 bits per heavy atom. The third-order valence-corrected chi connectivity index (χ3v) is 5.08. The SMILES string of the molecule is Cc1ccc(C(=O)C2C(=O)C(=O)N(c3ncccn3)C2c2ccc(Br)cc2)o1. The minimum absolute atomic E-state index is 0.0431. The van der Waals surface area contributed by atoms with Crippen LogP contribution in [-0.4, -0.2) is 27.4 Å². The Hall–Kier alpha value is -3.13. The van der Waals surface area contributed by atoms with Crippen molar-refractivity contribution in [3.63, 3.8) is 0 Å². The number of anilines is 1. The lowest BCUT2D eigenvalue weighted by Gasteiger charge is -2.25. The third-order valence-electron chi connectivity index (χ3n) is 4.55. The van der Waals surface area contributed by atoms with Gasteiger partial charge in [-0.25, -0.2) is 9.97 Å². The molecule has 3 heterocycles. The van der Waals surface area contributed by atoms with Crippen LogP contribution in [0.1, 0.15) is 27.9 Å². The van der Waals surface area contributed by atoms with E-state index in [9.17, 15) is 14.4 Å². The summed E-state index contributed by atoms with van der Waals surface area (Å²) in [5, 5.41) is 0. The van der Waals surface area contributed by atoms with Crippen LogP contribution in [0.5, 0.6) is 0 Å². The largest absolute Gasteiger partial charge is 0.458 e. The van der Waals surface area contributed by atoms with Crippen LogP contribution >= 0.6 is 15.9 Å².